The molecule has 2 heterocycles. The van der Waals surface area contributed by atoms with Crippen LogP contribution in [-0.4, -0.2) is 50.4 Å². The number of hydrogen-bond donors (Lipinski definition) is 1. The predicted octanol–water partition coefficient (Wildman–Crippen LogP) is 0.892. The Kier molecular flexibility index (Phi) is 4.70. The van der Waals surface area contributed by atoms with Gasteiger partial charge in [-0.05, 0) is 19.1 Å². The number of methoxy groups -OCH3 is 1. The highest BCUT2D eigenvalue weighted by Crippen LogP contribution is 2.15. The lowest BCUT2D eigenvalue weighted by Gasteiger charge is -2.27. The van der Waals surface area contributed by atoms with Gasteiger partial charge in [-0.1, -0.05) is 0 Å². The van der Waals surface area contributed by atoms with E-state index in [2.05, 4.69) is 15.2 Å². The molecule has 1 aromatic rings. The summed E-state index contributed by atoms with van der Waals surface area (Å²) < 4.78 is 10.2. The maximum Gasteiger partial charge on any atom is 0.253 e. The molecule has 0 aromatic carbocycles. The van der Waals surface area contributed by atoms with Crippen LogP contribution in [0.2, 0.25) is 0 Å². The van der Waals surface area contributed by atoms with Gasteiger partial charge in [0, 0.05) is 20.2 Å². The second-order valence-electron chi connectivity index (χ2n) is 4.37. The monoisotopic (exact) mass is 265 g/mol. The molecule has 1 aromatic heterocycles. The van der Waals surface area contributed by atoms with Crippen LogP contribution in [0.3, 0.4) is 0 Å². The quantitative estimate of drug-likeness (QED) is 0.876. The maximum absolute atomic E-state index is 11.6. The molecule has 1 unspecified atom stereocenters. The molecule has 19 heavy (non-hydrogen) atoms. The predicted molar refractivity (Wildman–Crippen MR) is 72.4 cm³/mol. The number of rotatable bonds is 4. The van der Waals surface area contributed by atoms with Crippen LogP contribution in [0.15, 0.2) is 18.3 Å². The standard InChI is InChI=1S/C13H19N3O3/c1-10(18-2)13(17)15-11-3-4-12(14-9-11)16-5-7-19-8-6-16/h3-4,9-10H,5-8H2,1-2H3,(H,15,17). The third-order valence-corrected chi connectivity index (χ3v) is 3.07. The summed E-state index contributed by atoms with van der Waals surface area (Å²) in [6.07, 6.45) is 1.18. The van der Waals surface area contributed by atoms with E-state index in [1.54, 1.807) is 13.1 Å². The summed E-state index contributed by atoms with van der Waals surface area (Å²) in [4.78, 5) is 18.2. The average Bonchev–Trinajstić information content (AvgIpc) is 2.48. The van der Waals surface area contributed by atoms with Crippen molar-refractivity contribution in [1.29, 1.82) is 0 Å². The first-order valence-corrected chi connectivity index (χ1v) is 6.33. The number of hydrogen-bond acceptors (Lipinski definition) is 5. The number of nitrogens with zero attached hydrogens (tertiary/aromatic N) is 2. The van der Waals surface area contributed by atoms with E-state index in [-0.39, 0.29) is 5.91 Å². The van der Waals surface area contributed by atoms with Crippen molar-refractivity contribution in [2.75, 3.05) is 43.6 Å². The van der Waals surface area contributed by atoms with Crippen LogP contribution in [0.4, 0.5) is 11.5 Å². The third-order valence-electron chi connectivity index (χ3n) is 3.07. The molecule has 6 heteroatoms. The molecule has 0 radical (unpaired) electrons. The largest absolute Gasteiger partial charge is 0.378 e. The smallest absolute Gasteiger partial charge is 0.253 e. The summed E-state index contributed by atoms with van der Waals surface area (Å²) in [7, 11) is 1.50. The van der Waals surface area contributed by atoms with E-state index in [0.29, 0.717) is 5.69 Å². The van der Waals surface area contributed by atoms with Gasteiger partial charge >= 0.3 is 0 Å². The molecule has 6 nitrogen and oxygen atoms in total. The van der Waals surface area contributed by atoms with Gasteiger partial charge in [-0.2, -0.15) is 0 Å². The van der Waals surface area contributed by atoms with Gasteiger partial charge in [0.05, 0.1) is 25.1 Å². The number of pyridine rings is 1. The van der Waals surface area contributed by atoms with E-state index < -0.39 is 6.10 Å². The van der Waals surface area contributed by atoms with Crippen LogP contribution >= 0.6 is 0 Å². The molecule has 1 aliphatic rings. The molecule has 1 atom stereocenters. The zero-order valence-corrected chi connectivity index (χ0v) is 11.3. The molecule has 0 bridgehead atoms. The Labute approximate surface area is 112 Å². The van der Waals surface area contributed by atoms with Crippen molar-refractivity contribution >= 4 is 17.4 Å². The highest BCUT2D eigenvalue weighted by Gasteiger charge is 2.14. The summed E-state index contributed by atoms with van der Waals surface area (Å²) in [6, 6.07) is 3.75. The number of anilines is 2. The molecule has 0 saturated carbocycles. The van der Waals surface area contributed by atoms with Gasteiger partial charge in [0.2, 0.25) is 0 Å². The number of amides is 1. The lowest BCUT2D eigenvalue weighted by Crippen LogP contribution is -2.36. The van der Waals surface area contributed by atoms with E-state index in [4.69, 9.17) is 9.47 Å². The van der Waals surface area contributed by atoms with Gasteiger partial charge in [0.25, 0.3) is 5.91 Å². The minimum atomic E-state index is -0.473. The van der Waals surface area contributed by atoms with Crippen molar-refractivity contribution in [2.45, 2.75) is 13.0 Å². The highest BCUT2D eigenvalue weighted by atomic mass is 16.5. The second-order valence-corrected chi connectivity index (χ2v) is 4.37. The number of morpholine rings is 1. The number of carbonyl (C=O) groups excluding carboxylic acids is 1. The Morgan fingerprint density at radius 3 is 2.79 bits per heavy atom. The van der Waals surface area contributed by atoms with Gasteiger partial charge in [0.15, 0.2) is 0 Å². The Morgan fingerprint density at radius 2 is 2.21 bits per heavy atom. The molecule has 1 aliphatic heterocycles. The molecule has 2 rings (SSSR count). The zero-order chi connectivity index (χ0) is 13.7. The van der Waals surface area contributed by atoms with Gasteiger partial charge in [-0.15, -0.1) is 0 Å². The van der Waals surface area contributed by atoms with Crippen LogP contribution in [0.5, 0.6) is 0 Å². The topological polar surface area (TPSA) is 63.7 Å². The van der Waals surface area contributed by atoms with Crippen molar-refractivity contribution in [3.05, 3.63) is 18.3 Å². The Hall–Kier alpha value is -1.66. The fourth-order valence-corrected chi connectivity index (χ4v) is 1.79. The minimum Gasteiger partial charge on any atom is -0.378 e. The van der Waals surface area contributed by atoms with E-state index in [9.17, 15) is 4.79 Å². The highest BCUT2D eigenvalue weighted by molar-refractivity contribution is 5.93. The number of carbonyl (C=O) groups is 1. The SMILES string of the molecule is COC(C)C(=O)Nc1ccc(N2CCOCC2)nc1. The van der Waals surface area contributed by atoms with Crippen LogP contribution in [0.25, 0.3) is 0 Å². The molecular formula is C13H19N3O3. The zero-order valence-electron chi connectivity index (χ0n) is 11.3. The normalized spacial score (nSPS) is 17.1. The van der Waals surface area contributed by atoms with Crippen LogP contribution in [-0.2, 0) is 14.3 Å². The van der Waals surface area contributed by atoms with Crippen molar-refractivity contribution in [3.63, 3.8) is 0 Å². The summed E-state index contributed by atoms with van der Waals surface area (Å²) in [5, 5.41) is 2.75. The Morgan fingerprint density at radius 1 is 1.47 bits per heavy atom. The molecule has 1 N–H and O–H groups in total. The summed E-state index contributed by atoms with van der Waals surface area (Å²) in [6.45, 7) is 4.85. The summed E-state index contributed by atoms with van der Waals surface area (Å²) >= 11 is 0. The van der Waals surface area contributed by atoms with Gasteiger partial charge < -0.3 is 19.7 Å². The van der Waals surface area contributed by atoms with Crippen molar-refractivity contribution < 1.29 is 14.3 Å². The molecular weight excluding hydrogens is 246 g/mol. The first-order valence-electron chi connectivity index (χ1n) is 6.33. The van der Waals surface area contributed by atoms with Gasteiger partial charge in [-0.25, -0.2) is 4.98 Å². The fraction of sp³-hybridized carbons (Fsp3) is 0.538. The first kappa shape index (κ1) is 13.8. The molecule has 0 spiro atoms. The van der Waals surface area contributed by atoms with Crippen LogP contribution in [0.1, 0.15) is 6.92 Å². The molecule has 1 amide bonds. The fourth-order valence-electron chi connectivity index (χ4n) is 1.79. The summed E-state index contributed by atoms with van der Waals surface area (Å²) in [5.74, 6) is 0.726. The molecule has 0 aliphatic carbocycles. The second kappa shape index (κ2) is 6.49. The van der Waals surface area contributed by atoms with Gasteiger partial charge in [-0.3, -0.25) is 4.79 Å². The number of nitrogens with one attached hydrogen (secondary N) is 1. The van der Waals surface area contributed by atoms with Crippen molar-refractivity contribution in [3.8, 4) is 0 Å². The molecule has 1 fully saturated rings. The Bertz CT molecular complexity index is 416. The third kappa shape index (κ3) is 3.65. The molecule has 1 saturated heterocycles. The number of aromatic nitrogens is 1. The lowest BCUT2D eigenvalue weighted by molar-refractivity contribution is -0.124. The van der Waals surface area contributed by atoms with Crippen molar-refractivity contribution in [2.24, 2.45) is 0 Å². The first-order chi connectivity index (χ1) is 9.20. The van der Waals surface area contributed by atoms with Crippen molar-refractivity contribution in [1.82, 2.24) is 4.98 Å². The average molecular weight is 265 g/mol. The number of ether oxygens (including phenoxy) is 2. The van der Waals surface area contributed by atoms with Crippen LogP contribution < -0.4 is 10.2 Å². The van der Waals surface area contributed by atoms with E-state index in [0.717, 1.165) is 32.1 Å². The van der Waals surface area contributed by atoms with E-state index in [1.165, 1.54) is 7.11 Å². The van der Waals surface area contributed by atoms with Crippen LogP contribution in [0, 0.1) is 0 Å². The van der Waals surface area contributed by atoms with E-state index in [1.807, 2.05) is 12.1 Å². The summed E-state index contributed by atoms with van der Waals surface area (Å²) in [5.41, 5.74) is 0.672. The minimum absolute atomic E-state index is 0.177. The van der Waals surface area contributed by atoms with E-state index >= 15 is 0 Å². The molecule has 104 valence electrons. The maximum atomic E-state index is 11.6. The lowest BCUT2D eigenvalue weighted by atomic mass is 10.3. The van der Waals surface area contributed by atoms with Gasteiger partial charge in [0.1, 0.15) is 11.9 Å². The Balaban J connectivity index is 1.96.